The van der Waals surface area contributed by atoms with Crippen LogP contribution in [0.1, 0.15) is 55.5 Å². The van der Waals surface area contributed by atoms with Gasteiger partial charge in [-0.25, -0.2) is 4.79 Å². The lowest BCUT2D eigenvalue weighted by Gasteiger charge is -2.34. The number of carboxylic acids is 1. The first-order valence-corrected chi connectivity index (χ1v) is 10.4. The van der Waals surface area contributed by atoms with Crippen molar-refractivity contribution in [2.75, 3.05) is 0 Å². The summed E-state index contributed by atoms with van der Waals surface area (Å²) < 4.78 is 31.7. The van der Waals surface area contributed by atoms with E-state index in [2.05, 4.69) is 43.4 Å². The Balaban J connectivity index is 0.000000451. The Hall–Kier alpha value is -2.87. The molecule has 1 saturated carbocycles. The molecule has 0 bridgehead atoms. The van der Waals surface area contributed by atoms with E-state index in [0.717, 1.165) is 17.7 Å². The van der Waals surface area contributed by atoms with E-state index in [4.69, 9.17) is 15.6 Å². The molecule has 5 nitrogen and oxygen atoms in total. The van der Waals surface area contributed by atoms with Crippen molar-refractivity contribution in [2.24, 2.45) is 11.1 Å². The molecule has 1 aliphatic rings. The summed E-state index contributed by atoms with van der Waals surface area (Å²) in [5.41, 5.74) is 9.86. The molecule has 1 aliphatic carbocycles. The minimum Gasteiger partial charge on any atom is -0.475 e. The predicted molar refractivity (Wildman–Crippen MR) is 117 cm³/mol. The average Bonchev–Trinajstić information content (AvgIpc) is 2.73. The molecule has 8 heteroatoms. The van der Waals surface area contributed by atoms with Crippen LogP contribution in [0.5, 0.6) is 0 Å². The molecule has 174 valence electrons. The van der Waals surface area contributed by atoms with Crippen molar-refractivity contribution >= 4 is 11.9 Å². The number of nitrogens with one attached hydrogen (secondary N) is 1. The quantitative estimate of drug-likeness (QED) is 0.588. The lowest BCUT2D eigenvalue weighted by atomic mass is 9.75. The van der Waals surface area contributed by atoms with E-state index in [1.54, 1.807) is 6.07 Å². The zero-order valence-corrected chi connectivity index (χ0v) is 18.2. The molecule has 0 unspecified atom stereocenters. The molecule has 0 saturated heterocycles. The number of amides is 1. The first-order chi connectivity index (χ1) is 14.9. The molecule has 4 N–H and O–H groups in total. The number of primary amides is 1. The summed E-state index contributed by atoms with van der Waals surface area (Å²) >= 11 is 0. The minimum atomic E-state index is -5.08. The van der Waals surface area contributed by atoms with Gasteiger partial charge in [-0.15, -0.1) is 0 Å². The van der Waals surface area contributed by atoms with Gasteiger partial charge in [-0.2, -0.15) is 13.2 Å². The number of benzene rings is 2. The van der Waals surface area contributed by atoms with Crippen LogP contribution in [-0.4, -0.2) is 29.2 Å². The Kier molecular flexibility index (Phi) is 8.44. The smallest absolute Gasteiger partial charge is 0.475 e. The van der Waals surface area contributed by atoms with Crippen LogP contribution < -0.4 is 11.1 Å². The van der Waals surface area contributed by atoms with E-state index in [1.165, 1.54) is 31.2 Å². The van der Waals surface area contributed by atoms with Gasteiger partial charge in [0.25, 0.3) is 0 Å². The van der Waals surface area contributed by atoms with Gasteiger partial charge in [-0.1, -0.05) is 44.2 Å². The number of halogens is 3. The van der Waals surface area contributed by atoms with Crippen molar-refractivity contribution < 1.29 is 27.9 Å². The van der Waals surface area contributed by atoms with Crippen molar-refractivity contribution in [3.63, 3.8) is 0 Å². The summed E-state index contributed by atoms with van der Waals surface area (Å²) in [5, 5.41) is 10.8. The first-order valence-electron chi connectivity index (χ1n) is 10.4. The maximum atomic E-state index is 11.4. The summed E-state index contributed by atoms with van der Waals surface area (Å²) in [5.74, 6) is -3.15. The van der Waals surface area contributed by atoms with Crippen LogP contribution in [0.3, 0.4) is 0 Å². The maximum Gasteiger partial charge on any atom is 0.490 e. The van der Waals surface area contributed by atoms with Crippen LogP contribution >= 0.6 is 0 Å². The molecular weight excluding hydrogens is 421 g/mol. The largest absolute Gasteiger partial charge is 0.490 e. The number of carbonyl (C=O) groups excluding carboxylic acids is 1. The molecule has 2 aromatic rings. The predicted octanol–water partition coefficient (Wildman–Crippen LogP) is 5.14. The number of alkyl halides is 3. The standard InChI is InChI=1S/C22H28N2O.C2HF3O2/c1-22(2)11-9-20(10-12-22)24-15-16-5-3-6-17(13-16)18-7-4-8-19(14-18)21(23)25;3-2(4,5)1(6)7/h3-8,13-14,20,24H,9-12,15H2,1-2H3,(H2,23,25);(H,6,7). The molecule has 1 amide bonds. The number of rotatable bonds is 5. The second-order valence-corrected chi connectivity index (χ2v) is 8.77. The lowest BCUT2D eigenvalue weighted by Crippen LogP contribution is -2.35. The van der Waals surface area contributed by atoms with E-state index < -0.39 is 12.1 Å². The second-order valence-electron chi connectivity index (χ2n) is 8.77. The highest BCUT2D eigenvalue weighted by Crippen LogP contribution is 2.35. The van der Waals surface area contributed by atoms with Gasteiger partial charge in [0, 0.05) is 18.2 Å². The third-order valence-corrected chi connectivity index (χ3v) is 5.58. The summed E-state index contributed by atoms with van der Waals surface area (Å²) in [6, 6.07) is 16.6. The molecular formula is C24H29F3N2O3. The Labute approximate surface area is 185 Å². The summed E-state index contributed by atoms with van der Waals surface area (Å²) in [6.45, 7) is 5.62. The van der Waals surface area contributed by atoms with Gasteiger partial charge in [0.1, 0.15) is 0 Å². The van der Waals surface area contributed by atoms with Gasteiger partial charge in [0.05, 0.1) is 0 Å². The van der Waals surface area contributed by atoms with Gasteiger partial charge in [-0.05, 0) is 66.0 Å². The van der Waals surface area contributed by atoms with Gasteiger partial charge >= 0.3 is 12.1 Å². The molecule has 0 heterocycles. The molecule has 32 heavy (non-hydrogen) atoms. The number of carboxylic acid groups (broad SMARTS) is 1. The average molecular weight is 451 g/mol. The normalized spacial score (nSPS) is 16.0. The van der Waals surface area contributed by atoms with Crippen LogP contribution in [-0.2, 0) is 11.3 Å². The van der Waals surface area contributed by atoms with Crippen molar-refractivity contribution in [1.82, 2.24) is 5.32 Å². The third kappa shape index (κ3) is 8.00. The van der Waals surface area contributed by atoms with E-state index >= 15 is 0 Å². The Morgan fingerprint density at radius 3 is 2.12 bits per heavy atom. The minimum absolute atomic E-state index is 0.389. The van der Waals surface area contributed by atoms with E-state index in [1.807, 2.05) is 18.2 Å². The highest BCUT2D eigenvalue weighted by atomic mass is 19.4. The lowest BCUT2D eigenvalue weighted by molar-refractivity contribution is -0.192. The molecule has 0 atom stereocenters. The van der Waals surface area contributed by atoms with Gasteiger partial charge in [0.15, 0.2) is 0 Å². The molecule has 0 radical (unpaired) electrons. The zero-order valence-electron chi connectivity index (χ0n) is 18.2. The Bertz CT molecular complexity index is 932. The van der Waals surface area contributed by atoms with Crippen molar-refractivity contribution in [1.29, 1.82) is 0 Å². The number of hydrogen-bond donors (Lipinski definition) is 3. The summed E-state index contributed by atoms with van der Waals surface area (Å²) in [7, 11) is 0. The van der Waals surface area contributed by atoms with Gasteiger partial charge in [0.2, 0.25) is 5.91 Å². The Morgan fingerprint density at radius 2 is 1.59 bits per heavy atom. The number of carbonyl (C=O) groups is 2. The van der Waals surface area contributed by atoms with Crippen LogP contribution in [0.4, 0.5) is 13.2 Å². The molecule has 2 aromatic carbocycles. The van der Waals surface area contributed by atoms with E-state index in [0.29, 0.717) is 17.0 Å². The zero-order chi connectivity index (χ0) is 23.9. The van der Waals surface area contributed by atoms with E-state index in [9.17, 15) is 18.0 Å². The summed E-state index contributed by atoms with van der Waals surface area (Å²) in [4.78, 5) is 20.3. The van der Waals surface area contributed by atoms with Crippen molar-refractivity contribution in [2.45, 2.75) is 58.3 Å². The number of hydrogen-bond acceptors (Lipinski definition) is 3. The third-order valence-electron chi connectivity index (χ3n) is 5.58. The van der Waals surface area contributed by atoms with Gasteiger partial charge < -0.3 is 16.2 Å². The number of nitrogens with two attached hydrogens (primary N) is 1. The molecule has 0 spiro atoms. The number of aliphatic carboxylic acids is 1. The van der Waals surface area contributed by atoms with Crippen molar-refractivity contribution in [3.8, 4) is 11.1 Å². The molecule has 0 aromatic heterocycles. The molecule has 3 rings (SSSR count). The van der Waals surface area contributed by atoms with Crippen LogP contribution in [0.25, 0.3) is 11.1 Å². The summed E-state index contributed by atoms with van der Waals surface area (Å²) in [6.07, 6.45) is 0.0237. The SMILES string of the molecule is CC1(C)CCC(NCc2cccc(-c3cccc(C(N)=O)c3)c2)CC1.O=C(O)C(F)(F)F. The highest BCUT2D eigenvalue weighted by molar-refractivity contribution is 5.94. The fourth-order valence-electron chi connectivity index (χ4n) is 3.58. The topological polar surface area (TPSA) is 92.4 Å². The maximum absolute atomic E-state index is 11.4. The molecule has 0 aliphatic heterocycles. The fourth-order valence-corrected chi connectivity index (χ4v) is 3.58. The Morgan fingerprint density at radius 1 is 1.06 bits per heavy atom. The highest BCUT2D eigenvalue weighted by Gasteiger charge is 2.38. The van der Waals surface area contributed by atoms with Crippen LogP contribution in [0.15, 0.2) is 48.5 Å². The first kappa shape index (κ1) is 25.4. The van der Waals surface area contributed by atoms with Gasteiger partial charge in [-0.3, -0.25) is 4.79 Å². The monoisotopic (exact) mass is 450 g/mol. The molecule has 1 fully saturated rings. The fraction of sp³-hybridized carbons (Fsp3) is 0.417. The van der Waals surface area contributed by atoms with Crippen LogP contribution in [0, 0.1) is 5.41 Å². The van der Waals surface area contributed by atoms with E-state index in [-0.39, 0.29) is 5.91 Å². The van der Waals surface area contributed by atoms with Crippen molar-refractivity contribution in [3.05, 3.63) is 59.7 Å². The van der Waals surface area contributed by atoms with Crippen LogP contribution in [0.2, 0.25) is 0 Å². The second kappa shape index (κ2) is 10.6.